The topological polar surface area (TPSA) is 15.3 Å². The molecule has 2 heteroatoms. The van der Waals surface area contributed by atoms with Crippen molar-refractivity contribution in [2.45, 2.75) is 65.5 Å². The zero-order valence-electron chi connectivity index (χ0n) is 11.6. The second kappa shape index (κ2) is 7.29. The maximum absolute atomic E-state index is 3.61. The second-order valence-electron chi connectivity index (χ2n) is 5.42. The van der Waals surface area contributed by atoms with E-state index in [1.165, 1.54) is 38.8 Å². The summed E-state index contributed by atoms with van der Waals surface area (Å²) >= 11 is 0. The summed E-state index contributed by atoms with van der Waals surface area (Å²) in [5, 5.41) is 3.61. The van der Waals surface area contributed by atoms with E-state index in [-0.39, 0.29) is 0 Å². The van der Waals surface area contributed by atoms with Crippen molar-refractivity contribution in [3.8, 4) is 0 Å². The Morgan fingerprint density at radius 1 is 1.25 bits per heavy atom. The fourth-order valence-electron chi connectivity index (χ4n) is 2.74. The zero-order chi connectivity index (χ0) is 12.0. The van der Waals surface area contributed by atoms with E-state index < -0.39 is 0 Å². The van der Waals surface area contributed by atoms with E-state index in [4.69, 9.17) is 0 Å². The number of nitrogens with zero attached hydrogens (tertiary/aromatic N) is 1. The molecule has 1 heterocycles. The van der Waals surface area contributed by atoms with Crippen molar-refractivity contribution < 1.29 is 0 Å². The predicted molar refractivity (Wildman–Crippen MR) is 71.8 cm³/mol. The molecule has 16 heavy (non-hydrogen) atoms. The van der Waals surface area contributed by atoms with Crippen LogP contribution in [0, 0.1) is 5.92 Å². The molecule has 0 aromatic carbocycles. The van der Waals surface area contributed by atoms with E-state index in [2.05, 4.69) is 37.9 Å². The summed E-state index contributed by atoms with van der Waals surface area (Å²) in [5.74, 6) is 0.964. The third-order valence-electron chi connectivity index (χ3n) is 4.03. The van der Waals surface area contributed by atoms with E-state index >= 15 is 0 Å². The normalized spacial score (nSPS) is 25.9. The molecule has 1 saturated heterocycles. The van der Waals surface area contributed by atoms with Crippen molar-refractivity contribution in [1.82, 2.24) is 10.2 Å². The molecular weight excluding hydrogens is 196 g/mol. The van der Waals surface area contributed by atoms with Gasteiger partial charge in [-0.3, -0.25) is 4.90 Å². The van der Waals surface area contributed by atoms with Crippen molar-refractivity contribution in [1.29, 1.82) is 0 Å². The molecule has 1 aliphatic rings. The molecule has 1 N–H and O–H groups in total. The lowest BCUT2D eigenvalue weighted by Crippen LogP contribution is -2.46. The highest BCUT2D eigenvalue weighted by Gasteiger charge is 2.27. The zero-order valence-corrected chi connectivity index (χ0v) is 11.6. The molecule has 0 bridgehead atoms. The molecule has 0 spiro atoms. The number of nitrogens with one attached hydrogen (secondary N) is 1. The summed E-state index contributed by atoms with van der Waals surface area (Å²) in [6, 6.07) is 1.31. The van der Waals surface area contributed by atoms with Crippen LogP contribution in [0.3, 0.4) is 0 Å². The molecule has 0 aromatic rings. The third-order valence-corrected chi connectivity index (χ3v) is 4.03. The first-order chi connectivity index (χ1) is 7.69. The molecule has 0 radical (unpaired) electrons. The second-order valence-corrected chi connectivity index (χ2v) is 5.42. The SMILES string of the molecule is CCCNC(C)C(C)N1CCC(CCC)C1. The van der Waals surface area contributed by atoms with Gasteiger partial charge in [0.2, 0.25) is 0 Å². The lowest BCUT2D eigenvalue weighted by molar-refractivity contribution is 0.205. The fourth-order valence-corrected chi connectivity index (χ4v) is 2.74. The molecule has 3 atom stereocenters. The summed E-state index contributed by atoms with van der Waals surface area (Å²) in [5.41, 5.74) is 0. The molecule has 96 valence electrons. The van der Waals surface area contributed by atoms with Gasteiger partial charge in [0, 0.05) is 18.6 Å². The minimum absolute atomic E-state index is 0.625. The van der Waals surface area contributed by atoms with Crippen LogP contribution < -0.4 is 5.32 Å². The van der Waals surface area contributed by atoms with Crippen molar-refractivity contribution in [2.75, 3.05) is 19.6 Å². The van der Waals surface area contributed by atoms with Gasteiger partial charge in [0.25, 0.3) is 0 Å². The van der Waals surface area contributed by atoms with Gasteiger partial charge in [0.1, 0.15) is 0 Å². The minimum atomic E-state index is 0.625. The Balaban J connectivity index is 2.29. The molecule has 1 rings (SSSR count). The van der Waals surface area contributed by atoms with Gasteiger partial charge < -0.3 is 5.32 Å². The quantitative estimate of drug-likeness (QED) is 0.718. The van der Waals surface area contributed by atoms with Crippen molar-refractivity contribution in [2.24, 2.45) is 5.92 Å². The Morgan fingerprint density at radius 2 is 2.00 bits per heavy atom. The molecule has 3 unspecified atom stereocenters. The fraction of sp³-hybridized carbons (Fsp3) is 1.00. The monoisotopic (exact) mass is 226 g/mol. The van der Waals surface area contributed by atoms with Crippen LogP contribution in [-0.2, 0) is 0 Å². The Bertz CT molecular complexity index is 182. The molecule has 1 aliphatic heterocycles. The molecule has 0 aromatic heterocycles. The van der Waals surface area contributed by atoms with E-state index in [0.717, 1.165) is 12.5 Å². The number of rotatable bonds is 7. The first-order valence-corrected chi connectivity index (χ1v) is 7.16. The lowest BCUT2D eigenvalue weighted by atomic mass is 10.0. The van der Waals surface area contributed by atoms with Crippen LogP contribution in [0.4, 0.5) is 0 Å². The van der Waals surface area contributed by atoms with E-state index in [1.54, 1.807) is 0 Å². The summed E-state index contributed by atoms with van der Waals surface area (Å²) in [6.07, 6.45) is 5.41. The van der Waals surface area contributed by atoms with Crippen molar-refractivity contribution in [3.63, 3.8) is 0 Å². The Kier molecular flexibility index (Phi) is 6.37. The lowest BCUT2D eigenvalue weighted by Gasteiger charge is -2.30. The van der Waals surface area contributed by atoms with Crippen LogP contribution in [0.15, 0.2) is 0 Å². The minimum Gasteiger partial charge on any atom is -0.313 e. The van der Waals surface area contributed by atoms with Crippen molar-refractivity contribution >= 4 is 0 Å². The molecule has 1 fully saturated rings. The van der Waals surface area contributed by atoms with Gasteiger partial charge in [0.15, 0.2) is 0 Å². The first-order valence-electron chi connectivity index (χ1n) is 7.16. The van der Waals surface area contributed by atoms with Crippen LogP contribution >= 0.6 is 0 Å². The van der Waals surface area contributed by atoms with Gasteiger partial charge in [0.05, 0.1) is 0 Å². The van der Waals surface area contributed by atoms with Gasteiger partial charge in [-0.1, -0.05) is 20.3 Å². The van der Waals surface area contributed by atoms with Gasteiger partial charge in [-0.2, -0.15) is 0 Å². The van der Waals surface area contributed by atoms with E-state index in [9.17, 15) is 0 Å². The molecular formula is C14H30N2. The number of hydrogen-bond acceptors (Lipinski definition) is 2. The number of likely N-dealkylation sites (tertiary alicyclic amines) is 1. The molecule has 0 aliphatic carbocycles. The Morgan fingerprint density at radius 3 is 2.62 bits per heavy atom. The number of hydrogen-bond donors (Lipinski definition) is 1. The highest BCUT2D eigenvalue weighted by atomic mass is 15.2. The average molecular weight is 226 g/mol. The summed E-state index contributed by atoms with van der Waals surface area (Å²) in [6.45, 7) is 13.0. The van der Waals surface area contributed by atoms with Gasteiger partial charge in [-0.15, -0.1) is 0 Å². The maximum atomic E-state index is 3.61. The van der Waals surface area contributed by atoms with Crippen LogP contribution in [-0.4, -0.2) is 36.6 Å². The first kappa shape index (κ1) is 14.0. The van der Waals surface area contributed by atoms with Gasteiger partial charge in [-0.25, -0.2) is 0 Å². The van der Waals surface area contributed by atoms with Crippen molar-refractivity contribution in [3.05, 3.63) is 0 Å². The Hall–Kier alpha value is -0.0800. The van der Waals surface area contributed by atoms with Gasteiger partial charge >= 0.3 is 0 Å². The van der Waals surface area contributed by atoms with Crippen LogP contribution in [0.2, 0.25) is 0 Å². The third kappa shape index (κ3) is 4.06. The van der Waals surface area contributed by atoms with Crippen LogP contribution in [0.5, 0.6) is 0 Å². The standard InChI is InChI=1S/C14H30N2/c1-5-7-14-8-10-16(11-14)13(4)12(3)15-9-6-2/h12-15H,5-11H2,1-4H3. The average Bonchev–Trinajstić information content (AvgIpc) is 2.74. The largest absolute Gasteiger partial charge is 0.313 e. The van der Waals surface area contributed by atoms with Gasteiger partial charge in [-0.05, 0) is 52.1 Å². The summed E-state index contributed by atoms with van der Waals surface area (Å²) < 4.78 is 0. The molecule has 2 nitrogen and oxygen atoms in total. The predicted octanol–water partition coefficient (Wildman–Crippen LogP) is 2.89. The highest BCUT2D eigenvalue weighted by Crippen LogP contribution is 2.23. The molecule has 0 amide bonds. The Labute approximate surface area is 102 Å². The smallest absolute Gasteiger partial charge is 0.0218 e. The van der Waals surface area contributed by atoms with Crippen LogP contribution in [0.25, 0.3) is 0 Å². The highest BCUT2D eigenvalue weighted by molar-refractivity contribution is 4.84. The van der Waals surface area contributed by atoms with E-state index in [0.29, 0.717) is 12.1 Å². The summed E-state index contributed by atoms with van der Waals surface area (Å²) in [4.78, 5) is 2.67. The molecule has 0 saturated carbocycles. The van der Waals surface area contributed by atoms with Crippen LogP contribution in [0.1, 0.15) is 53.4 Å². The maximum Gasteiger partial charge on any atom is 0.0218 e. The van der Waals surface area contributed by atoms with E-state index in [1.807, 2.05) is 0 Å². The summed E-state index contributed by atoms with van der Waals surface area (Å²) in [7, 11) is 0.